The van der Waals surface area contributed by atoms with E-state index in [0.717, 1.165) is 77.8 Å². The van der Waals surface area contributed by atoms with Crippen molar-refractivity contribution in [2.24, 2.45) is 5.92 Å². The number of amides is 1. The molecule has 2 N–H and O–H groups in total. The van der Waals surface area contributed by atoms with E-state index in [4.69, 9.17) is 0 Å². The Bertz CT molecular complexity index is 729. The Labute approximate surface area is 193 Å². The number of likely N-dealkylation sites (tertiary alicyclic amines) is 1. The van der Waals surface area contributed by atoms with E-state index in [1.165, 1.54) is 5.56 Å². The van der Waals surface area contributed by atoms with Gasteiger partial charge in [0.25, 0.3) is 0 Å². The van der Waals surface area contributed by atoms with Gasteiger partial charge in [-0.25, -0.2) is 0 Å². The topological polar surface area (TPSA) is 59.1 Å². The molecule has 3 atom stereocenters. The van der Waals surface area contributed by atoms with E-state index in [1.807, 2.05) is 0 Å². The molecule has 0 radical (unpaired) electrons. The number of likely N-dealkylation sites (N-methyl/N-ethyl adjacent to an activating group) is 1. The average Bonchev–Trinajstić information content (AvgIpc) is 2.99. The second kappa shape index (κ2) is 10.6. The number of nitrogens with one attached hydrogen (secondary N) is 1. The van der Waals surface area contributed by atoms with Crippen LogP contribution in [0.15, 0.2) is 30.3 Å². The van der Waals surface area contributed by atoms with Crippen molar-refractivity contribution in [1.82, 2.24) is 20.0 Å². The van der Waals surface area contributed by atoms with Gasteiger partial charge in [0.2, 0.25) is 5.91 Å². The molecule has 0 unspecified atom stereocenters. The monoisotopic (exact) mass is 442 g/mol. The van der Waals surface area contributed by atoms with Gasteiger partial charge in [-0.2, -0.15) is 0 Å². The molecule has 2 saturated heterocycles. The second-order valence-electron chi connectivity index (χ2n) is 10.5. The van der Waals surface area contributed by atoms with Crippen LogP contribution in [0.4, 0.5) is 0 Å². The fourth-order valence-electron chi connectivity index (χ4n) is 5.97. The van der Waals surface area contributed by atoms with Gasteiger partial charge < -0.3 is 20.2 Å². The van der Waals surface area contributed by atoms with Crippen molar-refractivity contribution in [3.05, 3.63) is 35.9 Å². The summed E-state index contributed by atoms with van der Waals surface area (Å²) in [5, 5.41) is 14.5. The molecule has 2 heterocycles. The Hall–Kier alpha value is -1.47. The molecule has 6 nitrogen and oxygen atoms in total. The molecule has 0 aromatic heterocycles. The lowest BCUT2D eigenvalue weighted by molar-refractivity contribution is -0.126. The largest absolute Gasteiger partial charge is 0.391 e. The molecule has 3 aliphatic rings. The molecule has 2 aliphatic heterocycles. The lowest BCUT2D eigenvalue weighted by Gasteiger charge is -2.39. The standard InChI is InChI=1S/C26H42N4O2/c1-28-14-10-21(11-15-28)25(32)27-20-26(22-6-4-3-5-7-22)12-8-23(24(31)9-13-26)30-18-16-29(2)17-19-30/h3-7,21,23-24,31H,8-20H2,1-2H3,(H,27,32)/t23-,24-,26-/m0/s1. The van der Waals surface area contributed by atoms with Crippen LogP contribution in [0, 0.1) is 5.92 Å². The minimum Gasteiger partial charge on any atom is -0.391 e. The van der Waals surface area contributed by atoms with Crippen LogP contribution in [0.1, 0.15) is 44.1 Å². The number of aliphatic hydroxyl groups excluding tert-OH is 1. The molecule has 3 fully saturated rings. The summed E-state index contributed by atoms with van der Waals surface area (Å²) in [7, 11) is 4.31. The van der Waals surface area contributed by atoms with Crippen LogP contribution in [-0.2, 0) is 10.2 Å². The minimum absolute atomic E-state index is 0.106. The Morgan fingerprint density at radius 3 is 2.25 bits per heavy atom. The van der Waals surface area contributed by atoms with Gasteiger partial charge in [-0.15, -0.1) is 0 Å². The van der Waals surface area contributed by atoms with Crippen LogP contribution >= 0.6 is 0 Å². The normalized spacial score (nSPS) is 31.8. The van der Waals surface area contributed by atoms with Gasteiger partial charge >= 0.3 is 0 Å². The zero-order valence-electron chi connectivity index (χ0n) is 20.0. The van der Waals surface area contributed by atoms with Crippen LogP contribution in [0.2, 0.25) is 0 Å². The fraction of sp³-hybridized carbons (Fsp3) is 0.731. The summed E-state index contributed by atoms with van der Waals surface area (Å²) < 4.78 is 0. The van der Waals surface area contributed by atoms with Gasteiger partial charge in [-0.1, -0.05) is 30.3 Å². The Kier molecular flexibility index (Phi) is 7.87. The van der Waals surface area contributed by atoms with Crippen LogP contribution < -0.4 is 5.32 Å². The molecular formula is C26H42N4O2. The second-order valence-corrected chi connectivity index (χ2v) is 10.5. The van der Waals surface area contributed by atoms with Crippen LogP contribution in [-0.4, -0.2) is 97.8 Å². The van der Waals surface area contributed by atoms with Crippen LogP contribution in [0.3, 0.4) is 0 Å². The molecule has 6 heteroatoms. The maximum Gasteiger partial charge on any atom is 0.223 e. The first-order valence-corrected chi connectivity index (χ1v) is 12.6. The van der Waals surface area contributed by atoms with E-state index in [1.54, 1.807) is 0 Å². The molecule has 1 saturated carbocycles. The average molecular weight is 443 g/mol. The number of carbonyl (C=O) groups excluding carboxylic acids is 1. The zero-order valence-corrected chi connectivity index (χ0v) is 20.0. The van der Waals surface area contributed by atoms with Crippen molar-refractivity contribution in [2.75, 3.05) is 59.9 Å². The first-order chi connectivity index (χ1) is 15.5. The minimum atomic E-state index is -0.298. The molecule has 1 amide bonds. The summed E-state index contributed by atoms with van der Waals surface area (Å²) in [6.45, 7) is 6.87. The predicted molar refractivity (Wildman–Crippen MR) is 129 cm³/mol. The highest BCUT2D eigenvalue weighted by atomic mass is 16.3. The summed E-state index contributed by atoms with van der Waals surface area (Å²) in [6, 6.07) is 10.9. The van der Waals surface area contributed by atoms with Crippen molar-refractivity contribution in [1.29, 1.82) is 0 Å². The van der Waals surface area contributed by atoms with Crippen LogP contribution in [0.5, 0.6) is 0 Å². The van der Waals surface area contributed by atoms with Gasteiger partial charge in [-0.3, -0.25) is 9.69 Å². The highest BCUT2D eigenvalue weighted by Gasteiger charge is 2.40. The first-order valence-electron chi connectivity index (χ1n) is 12.6. The number of carbonyl (C=O) groups is 1. The van der Waals surface area contributed by atoms with Crippen molar-refractivity contribution < 1.29 is 9.90 Å². The highest BCUT2D eigenvalue weighted by Crippen LogP contribution is 2.39. The smallest absolute Gasteiger partial charge is 0.223 e. The molecule has 4 rings (SSSR count). The van der Waals surface area contributed by atoms with E-state index in [-0.39, 0.29) is 29.4 Å². The maximum absolute atomic E-state index is 13.0. The summed E-state index contributed by atoms with van der Waals surface area (Å²) in [4.78, 5) is 20.2. The number of aliphatic hydroxyl groups is 1. The number of rotatable bonds is 5. The van der Waals surface area contributed by atoms with Gasteiger partial charge in [0, 0.05) is 50.1 Å². The lowest BCUT2D eigenvalue weighted by Crippen LogP contribution is -2.52. The molecule has 32 heavy (non-hydrogen) atoms. The van der Waals surface area contributed by atoms with E-state index >= 15 is 0 Å². The SMILES string of the molecule is CN1CCC(C(=O)NC[C@@]2(c3ccccc3)CC[C@H](O)[C@@H](N3CCN(C)CC3)CC2)CC1. The van der Waals surface area contributed by atoms with Gasteiger partial charge in [-0.05, 0) is 71.3 Å². The van der Waals surface area contributed by atoms with E-state index < -0.39 is 0 Å². The summed E-state index contributed by atoms with van der Waals surface area (Å²) >= 11 is 0. The van der Waals surface area contributed by atoms with Gasteiger partial charge in [0.15, 0.2) is 0 Å². The molecule has 1 aliphatic carbocycles. The maximum atomic E-state index is 13.0. The zero-order chi connectivity index (χ0) is 22.6. The third-order valence-electron chi connectivity index (χ3n) is 8.36. The summed E-state index contributed by atoms with van der Waals surface area (Å²) in [5.41, 5.74) is 1.19. The number of piperazine rings is 1. The summed E-state index contributed by atoms with van der Waals surface area (Å²) in [6.07, 6.45) is 5.28. The number of piperidine rings is 1. The van der Waals surface area contributed by atoms with Crippen LogP contribution in [0.25, 0.3) is 0 Å². The third-order valence-corrected chi connectivity index (χ3v) is 8.36. The molecular weight excluding hydrogens is 400 g/mol. The number of benzene rings is 1. The molecule has 1 aromatic rings. The number of nitrogens with zero attached hydrogens (tertiary/aromatic N) is 3. The van der Waals surface area contributed by atoms with Gasteiger partial charge in [0.05, 0.1) is 6.10 Å². The van der Waals surface area contributed by atoms with Crippen molar-refractivity contribution in [3.8, 4) is 0 Å². The van der Waals surface area contributed by atoms with Crippen molar-refractivity contribution in [3.63, 3.8) is 0 Å². The Balaban J connectivity index is 1.46. The van der Waals surface area contributed by atoms with E-state index in [9.17, 15) is 9.90 Å². The number of hydrogen-bond donors (Lipinski definition) is 2. The number of hydrogen-bond acceptors (Lipinski definition) is 5. The van der Waals surface area contributed by atoms with Crippen molar-refractivity contribution in [2.45, 2.75) is 56.1 Å². The molecule has 0 spiro atoms. The quantitative estimate of drug-likeness (QED) is 0.683. The van der Waals surface area contributed by atoms with E-state index in [0.29, 0.717) is 6.54 Å². The first kappa shape index (κ1) is 23.7. The van der Waals surface area contributed by atoms with Crippen molar-refractivity contribution >= 4 is 5.91 Å². The molecule has 178 valence electrons. The Morgan fingerprint density at radius 2 is 1.56 bits per heavy atom. The predicted octanol–water partition coefficient (Wildman–Crippen LogP) is 1.93. The lowest BCUT2D eigenvalue weighted by atomic mass is 9.74. The highest BCUT2D eigenvalue weighted by molar-refractivity contribution is 5.78. The Morgan fingerprint density at radius 1 is 0.938 bits per heavy atom. The third kappa shape index (κ3) is 5.53. The fourth-order valence-corrected chi connectivity index (χ4v) is 5.97. The molecule has 0 bridgehead atoms. The summed E-state index contributed by atoms with van der Waals surface area (Å²) in [5.74, 6) is 0.349. The molecule has 1 aromatic carbocycles. The van der Waals surface area contributed by atoms with Gasteiger partial charge in [0.1, 0.15) is 0 Å². The van der Waals surface area contributed by atoms with E-state index in [2.05, 4.69) is 64.4 Å².